The van der Waals surface area contributed by atoms with E-state index < -0.39 is 28.7 Å². The zero-order valence-electron chi connectivity index (χ0n) is 22.9. The summed E-state index contributed by atoms with van der Waals surface area (Å²) in [6.07, 6.45) is 4.48. The Hall–Kier alpha value is -4.91. The van der Waals surface area contributed by atoms with Crippen LogP contribution in [0, 0.1) is 10.1 Å². The number of anilines is 1. The number of hydrogen-bond acceptors (Lipinski definition) is 10. The second kappa shape index (κ2) is 13.6. The van der Waals surface area contributed by atoms with Crippen molar-refractivity contribution in [2.24, 2.45) is 5.10 Å². The Labute approximate surface area is 244 Å². The lowest BCUT2D eigenvalue weighted by atomic mass is 10.1. The SMILES string of the molecule is CCOC(=O)c1c(NC(=O)C(=O)NN=C(C)c2ccc(OC(=O)c3ccc([N+](=O)[O-])cc3)cc2)sc2c1CCCCC2. The molecule has 0 unspecified atom stereocenters. The topological polar surface area (TPSA) is 166 Å². The minimum atomic E-state index is -1.01. The number of nitro groups is 1. The van der Waals surface area contributed by atoms with Gasteiger partial charge < -0.3 is 14.8 Å². The lowest BCUT2D eigenvalue weighted by Gasteiger charge is -2.08. The second-order valence-corrected chi connectivity index (χ2v) is 10.4. The molecule has 2 N–H and O–H groups in total. The third kappa shape index (κ3) is 7.23. The molecular formula is C29H28N4O8S. The quantitative estimate of drug-likeness (QED) is 0.0716. The van der Waals surface area contributed by atoms with Gasteiger partial charge in [0, 0.05) is 17.0 Å². The van der Waals surface area contributed by atoms with Crippen LogP contribution in [0.2, 0.25) is 0 Å². The Morgan fingerprint density at radius 1 is 0.929 bits per heavy atom. The van der Waals surface area contributed by atoms with Crippen LogP contribution in [-0.4, -0.2) is 41.0 Å². The number of carbonyl (C=O) groups is 4. The van der Waals surface area contributed by atoms with Crippen molar-refractivity contribution in [3.05, 3.63) is 85.8 Å². The summed E-state index contributed by atoms with van der Waals surface area (Å²) in [5.74, 6) is -2.97. The summed E-state index contributed by atoms with van der Waals surface area (Å²) in [4.78, 5) is 61.4. The molecule has 0 bridgehead atoms. The fourth-order valence-electron chi connectivity index (χ4n) is 4.31. The average Bonchev–Trinajstić information content (AvgIpc) is 3.15. The molecule has 0 saturated carbocycles. The van der Waals surface area contributed by atoms with Gasteiger partial charge in [-0.2, -0.15) is 5.10 Å². The van der Waals surface area contributed by atoms with Crippen LogP contribution < -0.4 is 15.5 Å². The molecule has 0 atom stereocenters. The summed E-state index contributed by atoms with van der Waals surface area (Å²) in [5.41, 5.74) is 4.37. The molecule has 2 amide bonds. The molecule has 218 valence electrons. The van der Waals surface area contributed by atoms with Crippen LogP contribution in [0.25, 0.3) is 0 Å². The number of non-ortho nitro benzene ring substituents is 1. The second-order valence-electron chi connectivity index (χ2n) is 9.30. The van der Waals surface area contributed by atoms with Crippen molar-refractivity contribution in [1.29, 1.82) is 0 Å². The number of carbonyl (C=O) groups excluding carboxylic acids is 4. The third-order valence-corrected chi connectivity index (χ3v) is 7.66. The number of fused-ring (bicyclic) bond motifs is 1. The van der Waals surface area contributed by atoms with E-state index in [0.29, 0.717) is 28.3 Å². The number of rotatable bonds is 8. The summed E-state index contributed by atoms with van der Waals surface area (Å²) in [7, 11) is 0. The van der Waals surface area contributed by atoms with Crippen LogP contribution in [0.5, 0.6) is 5.75 Å². The van der Waals surface area contributed by atoms with Crippen LogP contribution >= 0.6 is 11.3 Å². The van der Waals surface area contributed by atoms with Crippen LogP contribution in [0.15, 0.2) is 53.6 Å². The fraction of sp³-hybridized carbons (Fsp3) is 0.276. The van der Waals surface area contributed by atoms with Gasteiger partial charge in [0.15, 0.2) is 0 Å². The Balaban J connectivity index is 1.37. The molecule has 42 heavy (non-hydrogen) atoms. The number of nitrogens with one attached hydrogen (secondary N) is 2. The maximum absolute atomic E-state index is 12.7. The summed E-state index contributed by atoms with van der Waals surface area (Å²) >= 11 is 1.29. The Kier molecular flexibility index (Phi) is 9.76. The zero-order valence-corrected chi connectivity index (χ0v) is 23.7. The van der Waals surface area contributed by atoms with Crippen LogP contribution in [-0.2, 0) is 27.2 Å². The van der Waals surface area contributed by atoms with Gasteiger partial charge >= 0.3 is 23.8 Å². The van der Waals surface area contributed by atoms with E-state index in [1.165, 1.54) is 47.7 Å². The number of thiophene rings is 1. The van der Waals surface area contributed by atoms with Gasteiger partial charge in [-0.1, -0.05) is 6.42 Å². The van der Waals surface area contributed by atoms with Crippen molar-refractivity contribution in [3.63, 3.8) is 0 Å². The standard InChI is InChI=1S/C29H28N4O8S/c1-3-40-29(37)24-22-7-5-4-6-8-23(22)42-27(24)30-25(34)26(35)32-31-17(2)18-11-15-21(16-12-18)41-28(36)19-9-13-20(14-10-19)33(38)39/h9-16H,3-8H2,1-2H3,(H,30,34)(H,32,35). The van der Waals surface area contributed by atoms with E-state index in [-0.39, 0.29) is 23.6 Å². The van der Waals surface area contributed by atoms with Crippen LogP contribution in [0.1, 0.15) is 69.8 Å². The summed E-state index contributed by atoms with van der Waals surface area (Å²) in [6, 6.07) is 11.3. The Bertz CT molecular complexity index is 1540. The van der Waals surface area contributed by atoms with E-state index >= 15 is 0 Å². The van der Waals surface area contributed by atoms with E-state index in [4.69, 9.17) is 9.47 Å². The van der Waals surface area contributed by atoms with Crippen molar-refractivity contribution in [3.8, 4) is 5.75 Å². The monoisotopic (exact) mass is 592 g/mol. The van der Waals surface area contributed by atoms with Crippen molar-refractivity contribution in [2.45, 2.75) is 46.0 Å². The molecule has 1 aliphatic carbocycles. The number of aryl methyl sites for hydroxylation is 1. The molecule has 2 aromatic carbocycles. The first kappa shape index (κ1) is 30.1. The lowest BCUT2D eigenvalue weighted by Crippen LogP contribution is -2.33. The predicted molar refractivity (Wildman–Crippen MR) is 155 cm³/mol. The molecule has 0 aliphatic heterocycles. The zero-order chi connectivity index (χ0) is 30.2. The molecular weight excluding hydrogens is 564 g/mol. The van der Waals surface area contributed by atoms with Gasteiger partial charge in [-0.05, 0) is 87.1 Å². The molecule has 0 spiro atoms. The van der Waals surface area contributed by atoms with E-state index in [1.54, 1.807) is 26.0 Å². The Morgan fingerprint density at radius 2 is 1.60 bits per heavy atom. The first-order chi connectivity index (χ1) is 20.2. The van der Waals surface area contributed by atoms with Crippen LogP contribution in [0.3, 0.4) is 0 Å². The molecule has 4 rings (SSSR count). The van der Waals surface area contributed by atoms with Gasteiger partial charge in [0.2, 0.25) is 0 Å². The maximum atomic E-state index is 12.7. The number of nitrogens with zero attached hydrogens (tertiary/aromatic N) is 2. The van der Waals surface area contributed by atoms with Gasteiger partial charge in [0.25, 0.3) is 5.69 Å². The molecule has 0 radical (unpaired) electrons. The number of hydrogen-bond donors (Lipinski definition) is 2. The Morgan fingerprint density at radius 3 is 2.26 bits per heavy atom. The molecule has 1 aromatic heterocycles. The summed E-state index contributed by atoms with van der Waals surface area (Å²) in [5, 5.41) is 17.6. The molecule has 3 aromatic rings. The lowest BCUT2D eigenvalue weighted by molar-refractivity contribution is -0.384. The van der Waals surface area contributed by atoms with E-state index in [1.807, 2.05) is 0 Å². The highest BCUT2D eigenvalue weighted by atomic mass is 32.1. The van der Waals surface area contributed by atoms with Gasteiger partial charge in [0.1, 0.15) is 10.8 Å². The van der Waals surface area contributed by atoms with Gasteiger partial charge in [-0.25, -0.2) is 15.0 Å². The van der Waals surface area contributed by atoms with Gasteiger partial charge in [-0.15, -0.1) is 11.3 Å². The molecule has 1 heterocycles. The van der Waals surface area contributed by atoms with E-state index in [0.717, 1.165) is 36.1 Å². The fourth-order valence-corrected chi connectivity index (χ4v) is 5.58. The van der Waals surface area contributed by atoms with Crippen molar-refractivity contribution in [1.82, 2.24) is 5.43 Å². The van der Waals surface area contributed by atoms with Crippen LogP contribution in [0.4, 0.5) is 10.7 Å². The van der Waals surface area contributed by atoms with E-state index in [2.05, 4.69) is 15.8 Å². The number of nitro benzene ring substituents is 1. The van der Waals surface area contributed by atoms with Gasteiger partial charge in [0.05, 0.1) is 28.4 Å². The minimum Gasteiger partial charge on any atom is -0.462 e. The highest BCUT2D eigenvalue weighted by molar-refractivity contribution is 7.17. The normalized spacial score (nSPS) is 12.9. The van der Waals surface area contributed by atoms with E-state index in [9.17, 15) is 29.3 Å². The average molecular weight is 593 g/mol. The van der Waals surface area contributed by atoms with Gasteiger partial charge in [-0.3, -0.25) is 19.7 Å². The summed E-state index contributed by atoms with van der Waals surface area (Å²) < 4.78 is 10.5. The molecule has 13 heteroatoms. The first-order valence-corrected chi connectivity index (χ1v) is 14.0. The third-order valence-electron chi connectivity index (χ3n) is 6.46. The number of hydrazone groups is 1. The smallest absolute Gasteiger partial charge is 0.343 e. The highest BCUT2D eigenvalue weighted by Crippen LogP contribution is 2.38. The molecule has 1 aliphatic rings. The largest absolute Gasteiger partial charge is 0.462 e. The minimum absolute atomic E-state index is 0.141. The number of benzene rings is 2. The maximum Gasteiger partial charge on any atom is 0.343 e. The van der Waals surface area contributed by atoms with Crippen molar-refractivity contribution < 1.29 is 33.6 Å². The van der Waals surface area contributed by atoms with Crippen molar-refractivity contribution >= 4 is 51.5 Å². The number of amides is 2. The molecule has 0 saturated heterocycles. The van der Waals surface area contributed by atoms with Crippen molar-refractivity contribution in [2.75, 3.05) is 11.9 Å². The summed E-state index contributed by atoms with van der Waals surface area (Å²) in [6.45, 7) is 3.51. The first-order valence-electron chi connectivity index (χ1n) is 13.2. The molecule has 0 fully saturated rings. The number of esters is 2. The number of ether oxygens (including phenoxy) is 2. The predicted octanol–water partition coefficient (Wildman–Crippen LogP) is 4.80. The molecule has 12 nitrogen and oxygen atoms in total. The highest BCUT2D eigenvalue weighted by Gasteiger charge is 2.28.